The molecule has 0 spiro atoms. The minimum atomic E-state index is -1.59. The van der Waals surface area contributed by atoms with Gasteiger partial charge < -0.3 is 4.43 Å². The number of rotatable bonds is 7. The molecule has 0 fully saturated rings. The molecule has 1 unspecified atom stereocenters. The van der Waals surface area contributed by atoms with Gasteiger partial charge in [0.2, 0.25) is 0 Å². The highest BCUT2D eigenvalue weighted by Gasteiger charge is 2.37. The monoisotopic (exact) mass is 345 g/mol. The van der Waals surface area contributed by atoms with Gasteiger partial charge in [-0.2, -0.15) is 5.26 Å². The van der Waals surface area contributed by atoms with Crippen LogP contribution in [0.15, 0.2) is 34.9 Å². The molecule has 0 bridgehead atoms. The first kappa shape index (κ1) is 20.9. The zero-order chi connectivity index (χ0) is 18.4. The number of nitrogens with zero attached hydrogens (tertiary/aromatic N) is 1. The maximum absolute atomic E-state index is 8.79. The Morgan fingerprint density at radius 3 is 2.38 bits per heavy atom. The summed E-state index contributed by atoms with van der Waals surface area (Å²) in [5.41, 5.74) is 3.94. The zero-order valence-electron chi connectivity index (χ0n) is 16.7. The van der Waals surface area contributed by atoms with Crippen LogP contribution in [0.2, 0.25) is 18.1 Å². The quantitative estimate of drug-likeness (QED) is 0.298. The van der Waals surface area contributed by atoms with E-state index in [0.29, 0.717) is 0 Å². The van der Waals surface area contributed by atoms with Gasteiger partial charge in [0.25, 0.3) is 0 Å². The van der Waals surface area contributed by atoms with Gasteiger partial charge in [-0.15, -0.1) is 0 Å². The number of hydrogen-bond acceptors (Lipinski definition) is 2. The lowest BCUT2D eigenvalue weighted by molar-refractivity contribution is 0.173. The largest absolute Gasteiger partial charge is 0.410 e. The van der Waals surface area contributed by atoms with Crippen LogP contribution in [-0.4, -0.2) is 14.4 Å². The molecule has 0 radical (unpaired) electrons. The topological polar surface area (TPSA) is 33.0 Å². The van der Waals surface area contributed by atoms with Gasteiger partial charge in [-0.25, -0.2) is 0 Å². The van der Waals surface area contributed by atoms with Crippen LogP contribution >= 0.6 is 0 Å². The molecule has 0 aliphatic heterocycles. The van der Waals surface area contributed by atoms with E-state index < -0.39 is 8.32 Å². The highest BCUT2D eigenvalue weighted by molar-refractivity contribution is 6.73. The third kappa shape index (κ3) is 4.94. The first-order chi connectivity index (χ1) is 11.2. The van der Waals surface area contributed by atoms with Crippen molar-refractivity contribution in [3.8, 4) is 6.07 Å². The van der Waals surface area contributed by atoms with E-state index >= 15 is 0 Å². The molecule has 0 aromatic rings. The smallest absolute Gasteiger partial charge is 0.192 e. The molecule has 0 heterocycles. The molecular formula is C21H35NOSi. The van der Waals surface area contributed by atoms with Crippen LogP contribution in [0.25, 0.3) is 0 Å². The third-order valence-corrected chi connectivity index (χ3v) is 10.4. The molecule has 0 N–H and O–H groups in total. The highest BCUT2D eigenvalue weighted by Crippen LogP contribution is 2.43. The van der Waals surface area contributed by atoms with Crippen molar-refractivity contribution in [2.24, 2.45) is 5.41 Å². The van der Waals surface area contributed by atoms with E-state index in [1.165, 1.54) is 29.3 Å². The Hall–Kier alpha value is -1.11. The summed E-state index contributed by atoms with van der Waals surface area (Å²) in [6.45, 7) is 15.7. The lowest BCUT2D eigenvalue weighted by atomic mass is 9.71. The molecular weight excluding hydrogens is 310 g/mol. The molecule has 0 saturated carbocycles. The van der Waals surface area contributed by atoms with Gasteiger partial charge in [0.15, 0.2) is 8.32 Å². The van der Waals surface area contributed by atoms with Crippen LogP contribution in [0, 0.1) is 16.7 Å². The van der Waals surface area contributed by atoms with Crippen LogP contribution in [0.5, 0.6) is 0 Å². The van der Waals surface area contributed by atoms with Gasteiger partial charge in [-0.05, 0) is 67.0 Å². The van der Waals surface area contributed by atoms with Crippen molar-refractivity contribution >= 4 is 8.32 Å². The standard InChI is InChI=1S/C21H35NOSi/c1-8-24(9-2,10-3)23-20-13-15-21(6,7)19(18(20)5)12-11-17(4)14-16-22/h11-12,14,20H,8-10,13,15H2,1-7H3/b12-11+,17-14+. The predicted molar refractivity (Wildman–Crippen MR) is 106 cm³/mol. The lowest BCUT2D eigenvalue weighted by Crippen LogP contribution is -2.42. The van der Waals surface area contributed by atoms with E-state index in [-0.39, 0.29) is 11.5 Å². The summed E-state index contributed by atoms with van der Waals surface area (Å²) in [4.78, 5) is 0. The van der Waals surface area contributed by atoms with E-state index in [0.717, 1.165) is 18.4 Å². The Balaban J connectivity index is 3.17. The van der Waals surface area contributed by atoms with Gasteiger partial charge >= 0.3 is 0 Å². The second-order valence-corrected chi connectivity index (χ2v) is 12.4. The van der Waals surface area contributed by atoms with Gasteiger partial charge in [0.1, 0.15) is 0 Å². The van der Waals surface area contributed by atoms with Gasteiger partial charge in [0, 0.05) is 6.08 Å². The van der Waals surface area contributed by atoms with Crippen molar-refractivity contribution < 1.29 is 4.43 Å². The highest BCUT2D eigenvalue weighted by atomic mass is 28.4. The molecule has 24 heavy (non-hydrogen) atoms. The Labute approximate surface area is 150 Å². The van der Waals surface area contributed by atoms with Crippen LogP contribution in [0.3, 0.4) is 0 Å². The van der Waals surface area contributed by atoms with E-state index in [2.05, 4.69) is 59.8 Å². The normalized spacial score (nSPS) is 22.1. The molecule has 0 aromatic heterocycles. The fourth-order valence-electron chi connectivity index (χ4n) is 3.72. The Kier molecular flexibility index (Phi) is 7.70. The second-order valence-electron chi connectivity index (χ2n) is 7.72. The van der Waals surface area contributed by atoms with Crippen molar-refractivity contribution in [2.75, 3.05) is 0 Å². The van der Waals surface area contributed by atoms with Gasteiger partial charge in [0.05, 0.1) is 12.2 Å². The van der Waals surface area contributed by atoms with Crippen LogP contribution in [0.1, 0.15) is 61.3 Å². The SMILES string of the molecule is CC[Si](CC)(CC)OC1CCC(C)(C)C(/C=C/C(C)=C/C#N)=C1C. The molecule has 3 heteroatoms. The molecule has 0 amide bonds. The van der Waals surface area contributed by atoms with Crippen LogP contribution < -0.4 is 0 Å². The van der Waals surface area contributed by atoms with E-state index in [9.17, 15) is 0 Å². The van der Waals surface area contributed by atoms with Crippen molar-refractivity contribution in [1.29, 1.82) is 5.26 Å². The minimum absolute atomic E-state index is 0.169. The molecule has 1 atom stereocenters. The van der Waals surface area contributed by atoms with Crippen molar-refractivity contribution in [3.05, 3.63) is 34.9 Å². The molecule has 1 aliphatic rings. The summed E-state index contributed by atoms with van der Waals surface area (Å²) < 4.78 is 6.80. The predicted octanol–water partition coefficient (Wildman–Crippen LogP) is 6.54. The minimum Gasteiger partial charge on any atom is -0.410 e. The Bertz CT molecular complexity index is 551. The molecule has 0 saturated heterocycles. The van der Waals surface area contributed by atoms with Gasteiger partial charge in [-0.1, -0.05) is 46.8 Å². The molecule has 0 aromatic carbocycles. The first-order valence-corrected chi connectivity index (χ1v) is 11.9. The zero-order valence-corrected chi connectivity index (χ0v) is 17.7. The molecule has 1 aliphatic carbocycles. The summed E-state index contributed by atoms with van der Waals surface area (Å²) in [6.07, 6.45) is 8.41. The van der Waals surface area contributed by atoms with E-state index in [1.54, 1.807) is 6.08 Å². The summed E-state index contributed by atoms with van der Waals surface area (Å²) in [5.74, 6) is 0. The average molecular weight is 346 g/mol. The Morgan fingerprint density at radius 1 is 1.29 bits per heavy atom. The maximum Gasteiger partial charge on any atom is 0.192 e. The number of hydrogen-bond donors (Lipinski definition) is 0. The van der Waals surface area contributed by atoms with Crippen molar-refractivity contribution in [3.63, 3.8) is 0 Å². The lowest BCUT2D eigenvalue weighted by Gasteiger charge is -2.41. The Morgan fingerprint density at radius 2 is 1.88 bits per heavy atom. The fraction of sp³-hybridized carbons (Fsp3) is 0.667. The molecule has 2 nitrogen and oxygen atoms in total. The van der Waals surface area contributed by atoms with E-state index in [1.807, 2.05) is 6.92 Å². The van der Waals surface area contributed by atoms with Crippen LogP contribution in [0.4, 0.5) is 0 Å². The summed E-state index contributed by atoms with van der Waals surface area (Å²) >= 11 is 0. The fourth-order valence-corrected chi connectivity index (χ4v) is 6.62. The van der Waals surface area contributed by atoms with Gasteiger partial charge in [-0.3, -0.25) is 0 Å². The molecule has 134 valence electrons. The summed E-state index contributed by atoms with van der Waals surface area (Å²) in [6, 6.07) is 5.69. The van der Waals surface area contributed by atoms with Crippen LogP contribution in [-0.2, 0) is 4.43 Å². The number of allylic oxidation sites excluding steroid dienone is 5. The maximum atomic E-state index is 8.79. The second kappa shape index (κ2) is 8.83. The summed E-state index contributed by atoms with van der Waals surface area (Å²) in [5, 5.41) is 8.79. The summed E-state index contributed by atoms with van der Waals surface area (Å²) in [7, 11) is -1.59. The van der Waals surface area contributed by atoms with Crippen molar-refractivity contribution in [2.45, 2.75) is 85.5 Å². The third-order valence-electron chi connectivity index (χ3n) is 5.80. The first-order valence-electron chi connectivity index (χ1n) is 9.38. The number of nitriles is 1. The average Bonchev–Trinajstić information content (AvgIpc) is 2.55. The van der Waals surface area contributed by atoms with Crippen molar-refractivity contribution in [1.82, 2.24) is 0 Å². The van der Waals surface area contributed by atoms with E-state index in [4.69, 9.17) is 9.69 Å². The molecule has 1 rings (SSSR count).